The molecule has 1 N–H and O–H groups in total. The maximum absolute atomic E-state index is 13.5. The van der Waals surface area contributed by atoms with Gasteiger partial charge in [0.15, 0.2) is 6.61 Å². The largest absolute Gasteiger partial charge is 0.497 e. The summed E-state index contributed by atoms with van der Waals surface area (Å²) in [5.41, 5.74) is 2.66. The normalized spacial score (nSPS) is 11.4. The van der Waals surface area contributed by atoms with Crippen molar-refractivity contribution in [2.24, 2.45) is 0 Å². The average molecular weight is 495 g/mol. The van der Waals surface area contributed by atoms with Crippen LogP contribution in [0.1, 0.15) is 23.6 Å². The minimum atomic E-state index is -0.716. The molecule has 0 fully saturated rings. The van der Waals surface area contributed by atoms with E-state index in [1.807, 2.05) is 68.4 Å². The summed E-state index contributed by atoms with van der Waals surface area (Å²) in [5, 5.41) is 3.51. The summed E-state index contributed by atoms with van der Waals surface area (Å²) >= 11 is 6.11. The Bertz CT molecular complexity index is 1140. The van der Waals surface area contributed by atoms with E-state index in [2.05, 4.69) is 5.32 Å². The van der Waals surface area contributed by atoms with Gasteiger partial charge in [-0.2, -0.15) is 0 Å². The number of aryl methyl sites for hydroxylation is 1. The van der Waals surface area contributed by atoms with E-state index in [-0.39, 0.29) is 25.0 Å². The van der Waals surface area contributed by atoms with Gasteiger partial charge in [0.25, 0.3) is 5.91 Å². The quantitative estimate of drug-likeness (QED) is 0.415. The number of rotatable bonds is 11. The number of likely N-dealkylation sites (N-methyl/N-ethyl adjacent to an activating group) is 1. The Morgan fingerprint density at radius 2 is 1.71 bits per heavy atom. The van der Waals surface area contributed by atoms with Crippen molar-refractivity contribution in [3.63, 3.8) is 0 Å². The summed E-state index contributed by atoms with van der Waals surface area (Å²) in [5.74, 6) is 0.710. The smallest absolute Gasteiger partial charge is 0.261 e. The maximum Gasteiger partial charge on any atom is 0.261 e. The lowest BCUT2D eigenvalue weighted by atomic mass is 10.0. The summed E-state index contributed by atoms with van der Waals surface area (Å²) in [7, 11) is 1.59. The molecular weight excluding hydrogens is 464 g/mol. The van der Waals surface area contributed by atoms with Crippen LogP contribution in [0.3, 0.4) is 0 Å². The van der Waals surface area contributed by atoms with Gasteiger partial charge in [-0.3, -0.25) is 9.59 Å². The Hall–Kier alpha value is -3.51. The van der Waals surface area contributed by atoms with Crippen molar-refractivity contribution in [2.45, 2.75) is 32.9 Å². The van der Waals surface area contributed by atoms with Crippen LogP contribution in [0.2, 0.25) is 5.02 Å². The van der Waals surface area contributed by atoms with Gasteiger partial charge >= 0.3 is 0 Å². The molecule has 3 aromatic carbocycles. The Kier molecular flexibility index (Phi) is 9.56. The van der Waals surface area contributed by atoms with E-state index in [0.29, 0.717) is 29.5 Å². The van der Waals surface area contributed by atoms with Crippen molar-refractivity contribution in [2.75, 3.05) is 20.3 Å². The fourth-order valence-electron chi connectivity index (χ4n) is 3.75. The van der Waals surface area contributed by atoms with Crippen LogP contribution in [0.25, 0.3) is 0 Å². The zero-order chi connectivity index (χ0) is 25.2. The van der Waals surface area contributed by atoms with E-state index in [1.165, 1.54) is 0 Å². The van der Waals surface area contributed by atoms with E-state index in [1.54, 1.807) is 30.2 Å². The SMILES string of the molecule is CCNC(=O)C(Cc1ccccc1)N(Cc1cccc(OC)c1)C(=O)COc1ccc(Cl)c(C)c1. The molecule has 184 valence electrons. The molecule has 6 nitrogen and oxygen atoms in total. The number of hydrogen-bond acceptors (Lipinski definition) is 4. The minimum Gasteiger partial charge on any atom is -0.497 e. The molecule has 3 aromatic rings. The van der Waals surface area contributed by atoms with Crippen LogP contribution in [-0.4, -0.2) is 43.0 Å². The van der Waals surface area contributed by atoms with Crippen molar-refractivity contribution >= 4 is 23.4 Å². The van der Waals surface area contributed by atoms with Crippen molar-refractivity contribution in [1.29, 1.82) is 0 Å². The number of halogens is 1. The van der Waals surface area contributed by atoms with Gasteiger partial charge in [-0.15, -0.1) is 0 Å². The predicted molar refractivity (Wildman–Crippen MR) is 138 cm³/mol. The van der Waals surface area contributed by atoms with Crippen LogP contribution in [0.4, 0.5) is 0 Å². The lowest BCUT2D eigenvalue weighted by molar-refractivity contribution is -0.142. The van der Waals surface area contributed by atoms with E-state index >= 15 is 0 Å². The van der Waals surface area contributed by atoms with E-state index < -0.39 is 6.04 Å². The Balaban J connectivity index is 1.90. The fourth-order valence-corrected chi connectivity index (χ4v) is 3.87. The first kappa shape index (κ1) is 26.1. The second-order valence-electron chi connectivity index (χ2n) is 8.17. The summed E-state index contributed by atoms with van der Waals surface area (Å²) in [4.78, 5) is 28.3. The van der Waals surface area contributed by atoms with Crippen molar-refractivity contribution in [1.82, 2.24) is 10.2 Å². The second kappa shape index (κ2) is 12.8. The van der Waals surface area contributed by atoms with Gasteiger partial charge in [0.2, 0.25) is 5.91 Å². The van der Waals surface area contributed by atoms with Gasteiger partial charge in [0.05, 0.1) is 7.11 Å². The summed E-state index contributed by atoms with van der Waals surface area (Å²) in [6.07, 6.45) is 0.377. The molecule has 0 saturated carbocycles. The zero-order valence-electron chi connectivity index (χ0n) is 20.3. The van der Waals surface area contributed by atoms with Crippen molar-refractivity contribution < 1.29 is 19.1 Å². The van der Waals surface area contributed by atoms with E-state index in [4.69, 9.17) is 21.1 Å². The maximum atomic E-state index is 13.5. The number of methoxy groups -OCH3 is 1. The van der Waals surface area contributed by atoms with Gasteiger partial charge in [-0.25, -0.2) is 0 Å². The first-order chi connectivity index (χ1) is 16.9. The molecule has 0 radical (unpaired) electrons. The highest BCUT2D eigenvalue weighted by atomic mass is 35.5. The van der Waals surface area contributed by atoms with Crippen LogP contribution in [-0.2, 0) is 22.6 Å². The first-order valence-electron chi connectivity index (χ1n) is 11.5. The highest BCUT2D eigenvalue weighted by molar-refractivity contribution is 6.31. The van der Waals surface area contributed by atoms with Gasteiger partial charge < -0.3 is 19.7 Å². The third kappa shape index (κ3) is 7.49. The fraction of sp³-hybridized carbons (Fsp3) is 0.286. The van der Waals surface area contributed by atoms with Gasteiger partial charge in [-0.05, 0) is 60.9 Å². The van der Waals surface area contributed by atoms with Gasteiger partial charge in [-0.1, -0.05) is 54.1 Å². The number of ether oxygens (including phenoxy) is 2. The molecule has 1 atom stereocenters. The van der Waals surface area contributed by atoms with Crippen molar-refractivity contribution in [3.05, 3.63) is 94.5 Å². The molecule has 0 saturated heterocycles. The third-order valence-corrected chi connectivity index (χ3v) is 6.02. The number of carbonyl (C=O) groups excluding carboxylic acids is 2. The number of hydrogen-bond donors (Lipinski definition) is 1. The number of nitrogens with zero attached hydrogens (tertiary/aromatic N) is 1. The summed E-state index contributed by atoms with van der Waals surface area (Å²) < 4.78 is 11.1. The average Bonchev–Trinajstić information content (AvgIpc) is 2.87. The molecule has 3 rings (SSSR count). The van der Waals surface area contributed by atoms with Crippen LogP contribution in [0.15, 0.2) is 72.8 Å². The summed E-state index contributed by atoms with van der Waals surface area (Å²) in [6.45, 7) is 4.21. The molecule has 0 aliphatic heterocycles. The molecule has 7 heteroatoms. The monoisotopic (exact) mass is 494 g/mol. The second-order valence-corrected chi connectivity index (χ2v) is 8.58. The highest BCUT2D eigenvalue weighted by Gasteiger charge is 2.30. The lowest BCUT2D eigenvalue weighted by Crippen LogP contribution is -2.51. The van der Waals surface area contributed by atoms with E-state index in [0.717, 1.165) is 16.7 Å². The third-order valence-electron chi connectivity index (χ3n) is 5.60. The number of amides is 2. The molecule has 0 spiro atoms. The molecule has 2 amide bonds. The minimum absolute atomic E-state index is 0.213. The van der Waals surface area contributed by atoms with Crippen LogP contribution in [0.5, 0.6) is 11.5 Å². The molecule has 0 aromatic heterocycles. The molecule has 0 bridgehead atoms. The van der Waals surface area contributed by atoms with Crippen LogP contribution in [0, 0.1) is 6.92 Å². The first-order valence-corrected chi connectivity index (χ1v) is 11.9. The topological polar surface area (TPSA) is 67.9 Å². The molecule has 0 heterocycles. The Morgan fingerprint density at radius 1 is 0.971 bits per heavy atom. The van der Waals surface area contributed by atoms with Crippen molar-refractivity contribution in [3.8, 4) is 11.5 Å². The van der Waals surface area contributed by atoms with Gasteiger partial charge in [0.1, 0.15) is 17.5 Å². The highest BCUT2D eigenvalue weighted by Crippen LogP contribution is 2.22. The standard InChI is InChI=1S/C28H31ClN2O4/c1-4-30-28(33)26(17-21-9-6-5-7-10-21)31(18-22-11-8-12-23(16-22)34-3)27(32)19-35-24-13-14-25(29)20(2)15-24/h5-16,26H,4,17-19H2,1-3H3,(H,30,33). The lowest BCUT2D eigenvalue weighted by Gasteiger charge is -2.31. The molecule has 35 heavy (non-hydrogen) atoms. The number of nitrogens with one attached hydrogen (secondary N) is 1. The number of benzene rings is 3. The molecule has 0 aliphatic rings. The Morgan fingerprint density at radius 3 is 2.40 bits per heavy atom. The summed E-state index contributed by atoms with van der Waals surface area (Å²) in [6, 6.07) is 21.7. The predicted octanol–water partition coefficient (Wildman–Crippen LogP) is 4.81. The van der Waals surface area contributed by atoms with Crippen LogP contribution < -0.4 is 14.8 Å². The van der Waals surface area contributed by atoms with E-state index in [9.17, 15) is 9.59 Å². The Labute approximate surface area is 211 Å². The van der Waals surface area contributed by atoms with Gasteiger partial charge in [0, 0.05) is 24.5 Å². The number of carbonyl (C=O) groups is 2. The zero-order valence-corrected chi connectivity index (χ0v) is 21.0. The van der Waals surface area contributed by atoms with Crippen LogP contribution >= 0.6 is 11.6 Å². The molecule has 0 aliphatic carbocycles. The molecule has 1 unspecified atom stereocenters. The molecular formula is C28H31ClN2O4.